The van der Waals surface area contributed by atoms with Crippen LogP contribution in [0.15, 0.2) is 0 Å². The predicted octanol–water partition coefficient (Wildman–Crippen LogP) is 4.51. The predicted molar refractivity (Wildman–Crippen MR) is 87.4 cm³/mol. The van der Waals surface area contributed by atoms with E-state index in [1.807, 2.05) is 0 Å². The van der Waals surface area contributed by atoms with Gasteiger partial charge in [-0.15, -0.1) is 11.6 Å². The lowest BCUT2D eigenvalue weighted by Gasteiger charge is -2.64. The summed E-state index contributed by atoms with van der Waals surface area (Å²) >= 11 is 6.16. The van der Waals surface area contributed by atoms with Crippen molar-refractivity contribution in [2.75, 3.05) is 6.54 Å². The van der Waals surface area contributed by atoms with Crippen molar-refractivity contribution in [1.29, 1.82) is 0 Å². The second-order valence-electron chi connectivity index (χ2n) is 8.96. The van der Waals surface area contributed by atoms with Crippen LogP contribution < -0.4 is 5.32 Å². The number of rotatable bonds is 5. The zero-order valence-corrected chi connectivity index (χ0v) is 14.6. The van der Waals surface area contributed by atoms with E-state index in [0.717, 1.165) is 44.6 Å². The van der Waals surface area contributed by atoms with E-state index in [1.54, 1.807) is 0 Å². The SMILES string of the molecule is CCC(Cl)CCNC(=O)C12CC3CC(C)(CC(C)(C3)C1)C2. The van der Waals surface area contributed by atoms with E-state index in [0.29, 0.717) is 16.7 Å². The third-order valence-corrected chi connectivity index (χ3v) is 6.82. The molecule has 0 radical (unpaired) electrons. The number of amides is 1. The highest BCUT2D eigenvalue weighted by Gasteiger charge is 2.62. The van der Waals surface area contributed by atoms with E-state index in [4.69, 9.17) is 11.6 Å². The van der Waals surface area contributed by atoms with Crippen LogP contribution in [0.2, 0.25) is 0 Å². The molecule has 120 valence electrons. The van der Waals surface area contributed by atoms with Gasteiger partial charge < -0.3 is 5.32 Å². The number of carbonyl (C=O) groups is 1. The molecular weight excluding hydrogens is 282 g/mol. The van der Waals surface area contributed by atoms with Gasteiger partial charge in [0.15, 0.2) is 0 Å². The maximum Gasteiger partial charge on any atom is 0.226 e. The highest BCUT2D eigenvalue weighted by Crippen LogP contribution is 2.69. The molecule has 4 aliphatic carbocycles. The summed E-state index contributed by atoms with van der Waals surface area (Å²) in [4.78, 5) is 12.9. The third kappa shape index (κ3) is 2.85. The average molecular weight is 312 g/mol. The number of halogens is 1. The van der Waals surface area contributed by atoms with Crippen LogP contribution in [-0.2, 0) is 4.79 Å². The van der Waals surface area contributed by atoms with Crippen molar-refractivity contribution in [3.63, 3.8) is 0 Å². The zero-order chi connectivity index (χ0) is 15.3. The van der Waals surface area contributed by atoms with Crippen molar-refractivity contribution in [1.82, 2.24) is 5.32 Å². The van der Waals surface area contributed by atoms with Crippen LogP contribution in [0.3, 0.4) is 0 Å². The van der Waals surface area contributed by atoms with Crippen molar-refractivity contribution >= 4 is 17.5 Å². The molecule has 4 rings (SSSR count). The summed E-state index contributed by atoms with van der Waals surface area (Å²) < 4.78 is 0. The quantitative estimate of drug-likeness (QED) is 0.744. The van der Waals surface area contributed by atoms with Gasteiger partial charge in [-0.25, -0.2) is 0 Å². The van der Waals surface area contributed by atoms with Gasteiger partial charge in [0.1, 0.15) is 0 Å². The molecule has 0 aromatic rings. The molecule has 3 atom stereocenters. The molecule has 0 saturated heterocycles. The Bertz CT molecular complexity index is 417. The lowest BCUT2D eigenvalue weighted by atomic mass is 9.40. The summed E-state index contributed by atoms with van der Waals surface area (Å²) in [6.07, 6.45) is 9.21. The lowest BCUT2D eigenvalue weighted by Crippen LogP contribution is -2.60. The largest absolute Gasteiger partial charge is 0.356 e. The first-order valence-electron chi connectivity index (χ1n) is 8.71. The topological polar surface area (TPSA) is 29.1 Å². The van der Waals surface area contributed by atoms with Crippen LogP contribution in [0, 0.1) is 22.2 Å². The van der Waals surface area contributed by atoms with Gasteiger partial charge >= 0.3 is 0 Å². The van der Waals surface area contributed by atoms with E-state index >= 15 is 0 Å². The third-order valence-electron chi connectivity index (χ3n) is 6.29. The first kappa shape index (κ1) is 15.6. The molecule has 4 aliphatic rings. The Labute approximate surface area is 134 Å². The van der Waals surface area contributed by atoms with Gasteiger partial charge in [-0.05, 0) is 68.1 Å². The number of alkyl halides is 1. The highest BCUT2D eigenvalue weighted by atomic mass is 35.5. The summed E-state index contributed by atoms with van der Waals surface area (Å²) in [6, 6.07) is 0. The Morgan fingerprint density at radius 1 is 1.19 bits per heavy atom. The van der Waals surface area contributed by atoms with E-state index in [2.05, 4.69) is 26.1 Å². The van der Waals surface area contributed by atoms with Crippen LogP contribution in [0.5, 0.6) is 0 Å². The van der Waals surface area contributed by atoms with Crippen LogP contribution in [0.4, 0.5) is 0 Å². The minimum Gasteiger partial charge on any atom is -0.356 e. The normalized spacial score (nSPS) is 45.6. The second-order valence-corrected chi connectivity index (χ2v) is 9.58. The molecule has 4 saturated carbocycles. The maximum atomic E-state index is 12.9. The average Bonchev–Trinajstić information content (AvgIpc) is 2.33. The van der Waals surface area contributed by atoms with Crippen molar-refractivity contribution in [2.45, 2.75) is 77.5 Å². The van der Waals surface area contributed by atoms with Gasteiger partial charge in [-0.2, -0.15) is 0 Å². The van der Waals surface area contributed by atoms with Crippen molar-refractivity contribution in [3.05, 3.63) is 0 Å². The fourth-order valence-electron chi connectivity index (χ4n) is 6.43. The molecule has 21 heavy (non-hydrogen) atoms. The van der Waals surface area contributed by atoms with Gasteiger partial charge in [0.2, 0.25) is 5.91 Å². The summed E-state index contributed by atoms with van der Waals surface area (Å²) in [5.41, 5.74) is 0.741. The summed E-state index contributed by atoms with van der Waals surface area (Å²) in [6.45, 7) is 7.67. The number of nitrogens with one attached hydrogen (secondary N) is 1. The Morgan fingerprint density at radius 3 is 2.33 bits per heavy atom. The minimum atomic E-state index is -0.0725. The Morgan fingerprint density at radius 2 is 1.81 bits per heavy atom. The number of carbonyl (C=O) groups excluding carboxylic acids is 1. The molecule has 0 heterocycles. The van der Waals surface area contributed by atoms with Crippen LogP contribution in [0.1, 0.15) is 72.1 Å². The summed E-state index contributed by atoms with van der Waals surface area (Å²) in [5.74, 6) is 1.10. The van der Waals surface area contributed by atoms with Crippen LogP contribution >= 0.6 is 11.6 Å². The lowest BCUT2D eigenvalue weighted by molar-refractivity contribution is -0.170. The highest BCUT2D eigenvalue weighted by molar-refractivity contribution is 6.20. The van der Waals surface area contributed by atoms with Crippen molar-refractivity contribution in [3.8, 4) is 0 Å². The molecular formula is C18H30ClNO. The Balaban J connectivity index is 1.68. The number of hydrogen-bond acceptors (Lipinski definition) is 1. The monoisotopic (exact) mass is 311 g/mol. The Kier molecular flexibility index (Phi) is 3.83. The van der Waals surface area contributed by atoms with Gasteiger partial charge in [-0.3, -0.25) is 4.79 Å². The fraction of sp³-hybridized carbons (Fsp3) is 0.944. The maximum absolute atomic E-state index is 12.9. The molecule has 0 aliphatic heterocycles. The van der Waals surface area contributed by atoms with Crippen LogP contribution in [0.25, 0.3) is 0 Å². The molecule has 2 nitrogen and oxygen atoms in total. The van der Waals surface area contributed by atoms with E-state index < -0.39 is 0 Å². The molecule has 4 bridgehead atoms. The Hall–Kier alpha value is -0.240. The number of hydrogen-bond donors (Lipinski definition) is 1. The molecule has 3 heteroatoms. The molecule has 3 unspecified atom stereocenters. The van der Waals surface area contributed by atoms with Gasteiger partial charge in [0.05, 0.1) is 5.41 Å². The zero-order valence-electron chi connectivity index (χ0n) is 13.8. The van der Waals surface area contributed by atoms with E-state index in [-0.39, 0.29) is 10.8 Å². The van der Waals surface area contributed by atoms with Crippen molar-refractivity contribution in [2.24, 2.45) is 22.2 Å². The van der Waals surface area contributed by atoms with Gasteiger partial charge in [0, 0.05) is 11.9 Å². The molecule has 1 N–H and O–H groups in total. The minimum absolute atomic E-state index is 0.0725. The molecule has 1 amide bonds. The standard InChI is InChI=1S/C18H30ClNO/c1-4-14(19)5-6-20-15(21)18-9-13-7-16(2,11-18)10-17(3,8-13)12-18/h13-14H,4-12H2,1-3H3,(H,20,21). The van der Waals surface area contributed by atoms with Gasteiger partial charge in [-0.1, -0.05) is 20.8 Å². The first-order valence-corrected chi connectivity index (χ1v) is 9.14. The molecule has 0 aromatic heterocycles. The fourth-order valence-corrected chi connectivity index (χ4v) is 6.54. The molecule has 4 fully saturated rings. The van der Waals surface area contributed by atoms with E-state index in [1.165, 1.54) is 19.3 Å². The van der Waals surface area contributed by atoms with Gasteiger partial charge in [0.25, 0.3) is 0 Å². The summed E-state index contributed by atoms with van der Waals surface area (Å²) in [7, 11) is 0. The molecule has 0 spiro atoms. The second kappa shape index (κ2) is 5.15. The van der Waals surface area contributed by atoms with Crippen LogP contribution in [-0.4, -0.2) is 17.8 Å². The molecule has 0 aromatic carbocycles. The van der Waals surface area contributed by atoms with E-state index in [9.17, 15) is 4.79 Å². The van der Waals surface area contributed by atoms with Crippen molar-refractivity contribution < 1.29 is 4.79 Å². The smallest absolute Gasteiger partial charge is 0.226 e. The summed E-state index contributed by atoms with van der Waals surface area (Å²) in [5, 5.41) is 3.41. The first-order chi connectivity index (χ1) is 9.78.